The normalized spacial score (nSPS) is 12.3. The van der Waals surface area contributed by atoms with E-state index in [9.17, 15) is 4.79 Å². The van der Waals surface area contributed by atoms with Crippen molar-refractivity contribution in [1.29, 1.82) is 0 Å². The Hall–Kier alpha value is -1.91. The molecule has 120 valence electrons. The molecule has 1 amide bonds. The fraction of sp³-hybridized carbons (Fsp3) is 0.235. The highest BCUT2D eigenvalue weighted by Crippen LogP contribution is 2.32. The summed E-state index contributed by atoms with van der Waals surface area (Å²) in [7, 11) is 0. The van der Waals surface area contributed by atoms with Crippen LogP contribution in [0.4, 0.5) is 0 Å². The molecule has 2 aromatic rings. The predicted molar refractivity (Wildman–Crippen MR) is 89.2 cm³/mol. The fourth-order valence-corrected chi connectivity index (χ4v) is 2.61. The first kappa shape index (κ1) is 16.0. The second-order valence-electron chi connectivity index (χ2n) is 5.21. The van der Waals surface area contributed by atoms with Crippen molar-refractivity contribution in [1.82, 2.24) is 5.32 Å². The van der Waals surface area contributed by atoms with E-state index >= 15 is 0 Å². The fourth-order valence-electron chi connectivity index (χ4n) is 2.29. The lowest BCUT2D eigenvalue weighted by Crippen LogP contribution is -2.22. The number of aryl methyl sites for hydroxylation is 1. The maximum absolute atomic E-state index is 11.9. The largest absolute Gasteiger partial charge is 0.454 e. The first-order valence-electron chi connectivity index (χ1n) is 7.21. The molecule has 1 N–H and O–H groups in total. The third-order valence-corrected chi connectivity index (χ3v) is 4.29. The number of halogens is 2. The van der Waals surface area contributed by atoms with Gasteiger partial charge < -0.3 is 14.8 Å². The van der Waals surface area contributed by atoms with Crippen molar-refractivity contribution in [2.24, 2.45) is 0 Å². The van der Waals surface area contributed by atoms with Gasteiger partial charge in [0.15, 0.2) is 11.5 Å². The lowest BCUT2D eigenvalue weighted by molar-refractivity contribution is -0.121. The summed E-state index contributed by atoms with van der Waals surface area (Å²) >= 11 is 11.8. The van der Waals surface area contributed by atoms with Gasteiger partial charge in [0.25, 0.3) is 0 Å². The Bertz CT molecular complexity index is 734. The van der Waals surface area contributed by atoms with E-state index in [2.05, 4.69) is 5.32 Å². The molecule has 0 saturated carbocycles. The molecule has 0 atom stereocenters. The molecule has 0 fully saturated rings. The van der Waals surface area contributed by atoms with Gasteiger partial charge in [-0.05, 0) is 41.8 Å². The Kier molecular flexibility index (Phi) is 4.94. The van der Waals surface area contributed by atoms with Crippen LogP contribution in [0.25, 0.3) is 0 Å². The van der Waals surface area contributed by atoms with Crippen LogP contribution in [0.2, 0.25) is 10.0 Å². The molecule has 1 aliphatic rings. The van der Waals surface area contributed by atoms with Gasteiger partial charge in [-0.15, -0.1) is 0 Å². The standard InChI is InChI=1S/C17H15Cl2NO3/c18-13-4-1-11(7-14(13)19)3-6-17(21)20-9-12-2-5-15-16(8-12)23-10-22-15/h1-2,4-5,7-8H,3,6,9-10H2,(H,20,21). The van der Waals surface area contributed by atoms with Crippen LogP contribution in [0, 0.1) is 0 Å². The number of carbonyl (C=O) groups excluding carboxylic acids is 1. The zero-order chi connectivity index (χ0) is 16.2. The molecular formula is C17H15Cl2NO3. The molecule has 1 heterocycles. The predicted octanol–water partition coefficient (Wildman–Crippen LogP) is 3.97. The van der Waals surface area contributed by atoms with Gasteiger partial charge in [0, 0.05) is 13.0 Å². The van der Waals surface area contributed by atoms with Gasteiger partial charge in [-0.3, -0.25) is 4.79 Å². The molecule has 2 aromatic carbocycles. The third kappa shape index (κ3) is 4.09. The second kappa shape index (κ2) is 7.11. The maximum Gasteiger partial charge on any atom is 0.231 e. The number of amides is 1. The van der Waals surface area contributed by atoms with Crippen molar-refractivity contribution in [2.45, 2.75) is 19.4 Å². The van der Waals surface area contributed by atoms with Crippen LogP contribution in [0.15, 0.2) is 36.4 Å². The maximum atomic E-state index is 11.9. The van der Waals surface area contributed by atoms with E-state index < -0.39 is 0 Å². The van der Waals surface area contributed by atoms with Crippen LogP contribution >= 0.6 is 23.2 Å². The van der Waals surface area contributed by atoms with Crippen molar-refractivity contribution in [3.05, 3.63) is 57.6 Å². The lowest BCUT2D eigenvalue weighted by Gasteiger charge is -2.07. The summed E-state index contributed by atoms with van der Waals surface area (Å²) in [5.41, 5.74) is 1.95. The van der Waals surface area contributed by atoms with E-state index in [1.165, 1.54) is 0 Å². The lowest BCUT2D eigenvalue weighted by atomic mass is 10.1. The van der Waals surface area contributed by atoms with Gasteiger partial charge in [0.05, 0.1) is 10.0 Å². The summed E-state index contributed by atoms with van der Waals surface area (Å²) in [6, 6.07) is 11.0. The number of nitrogens with one attached hydrogen (secondary N) is 1. The molecule has 0 bridgehead atoms. The number of rotatable bonds is 5. The molecule has 1 aliphatic heterocycles. The monoisotopic (exact) mass is 351 g/mol. The van der Waals surface area contributed by atoms with E-state index in [1.807, 2.05) is 24.3 Å². The van der Waals surface area contributed by atoms with Crippen LogP contribution in [-0.2, 0) is 17.8 Å². The number of ether oxygens (including phenoxy) is 2. The quantitative estimate of drug-likeness (QED) is 0.886. The van der Waals surface area contributed by atoms with E-state index in [-0.39, 0.29) is 12.7 Å². The first-order valence-corrected chi connectivity index (χ1v) is 7.96. The van der Waals surface area contributed by atoms with Gasteiger partial charge in [-0.25, -0.2) is 0 Å². The van der Waals surface area contributed by atoms with Crippen LogP contribution in [-0.4, -0.2) is 12.7 Å². The number of fused-ring (bicyclic) bond motifs is 1. The molecule has 3 rings (SSSR count). The van der Waals surface area contributed by atoms with Crippen molar-refractivity contribution in [2.75, 3.05) is 6.79 Å². The van der Waals surface area contributed by atoms with Crippen LogP contribution in [0.5, 0.6) is 11.5 Å². The molecule has 0 spiro atoms. The van der Waals surface area contributed by atoms with Crippen molar-refractivity contribution >= 4 is 29.1 Å². The third-order valence-electron chi connectivity index (χ3n) is 3.55. The zero-order valence-electron chi connectivity index (χ0n) is 12.3. The average molecular weight is 352 g/mol. The topological polar surface area (TPSA) is 47.6 Å². The van der Waals surface area contributed by atoms with E-state index in [1.54, 1.807) is 12.1 Å². The van der Waals surface area contributed by atoms with Gasteiger partial charge in [0.2, 0.25) is 12.7 Å². The summed E-state index contributed by atoms with van der Waals surface area (Å²) in [6.45, 7) is 0.700. The molecule has 6 heteroatoms. The van der Waals surface area contributed by atoms with Gasteiger partial charge >= 0.3 is 0 Å². The summed E-state index contributed by atoms with van der Waals surface area (Å²) in [5, 5.41) is 3.91. The molecule has 0 radical (unpaired) electrons. The number of benzene rings is 2. The zero-order valence-corrected chi connectivity index (χ0v) is 13.8. The minimum absolute atomic E-state index is 0.0197. The molecule has 23 heavy (non-hydrogen) atoms. The van der Waals surface area contributed by atoms with Crippen molar-refractivity contribution in [3.63, 3.8) is 0 Å². The van der Waals surface area contributed by atoms with Crippen LogP contribution in [0.3, 0.4) is 0 Å². The Morgan fingerprint density at radius 1 is 1.00 bits per heavy atom. The van der Waals surface area contributed by atoms with Gasteiger partial charge in [0.1, 0.15) is 0 Å². The first-order chi connectivity index (χ1) is 11.1. The molecule has 0 aliphatic carbocycles. The average Bonchev–Trinajstić information content (AvgIpc) is 3.01. The van der Waals surface area contributed by atoms with Gasteiger partial charge in [-0.1, -0.05) is 35.3 Å². The SMILES string of the molecule is O=C(CCc1ccc(Cl)c(Cl)c1)NCc1ccc2c(c1)OCO2. The Morgan fingerprint density at radius 2 is 1.78 bits per heavy atom. The summed E-state index contributed by atoms with van der Waals surface area (Å²) in [4.78, 5) is 11.9. The Morgan fingerprint density at radius 3 is 2.61 bits per heavy atom. The van der Waals surface area contributed by atoms with E-state index in [0.29, 0.717) is 35.2 Å². The van der Waals surface area contributed by atoms with E-state index in [4.69, 9.17) is 32.7 Å². The summed E-state index contributed by atoms with van der Waals surface area (Å²) in [5.74, 6) is 1.43. The second-order valence-corrected chi connectivity index (χ2v) is 6.03. The minimum Gasteiger partial charge on any atom is -0.454 e. The number of carbonyl (C=O) groups is 1. The molecule has 4 nitrogen and oxygen atoms in total. The number of hydrogen-bond acceptors (Lipinski definition) is 3. The Labute approximate surface area is 144 Å². The molecule has 0 saturated heterocycles. The number of hydrogen-bond donors (Lipinski definition) is 1. The summed E-state index contributed by atoms with van der Waals surface area (Å²) in [6.07, 6.45) is 1.01. The highest BCUT2D eigenvalue weighted by molar-refractivity contribution is 6.42. The smallest absolute Gasteiger partial charge is 0.231 e. The van der Waals surface area contributed by atoms with E-state index in [0.717, 1.165) is 16.9 Å². The summed E-state index contributed by atoms with van der Waals surface area (Å²) < 4.78 is 10.6. The Balaban J connectivity index is 1.48. The minimum atomic E-state index is -0.0197. The van der Waals surface area contributed by atoms with Crippen molar-refractivity contribution in [3.8, 4) is 11.5 Å². The molecular weight excluding hydrogens is 337 g/mol. The highest BCUT2D eigenvalue weighted by atomic mass is 35.5. The van der Waals surface area contributed by atoms with Crippen LogP contribution in [0.1, 0.15) is 17.5 Å². The molecule has 0 aromatic heterocycles. The van der Waals surface area contributed by atoms with Gasteiger partial charge in [-0.2, -0.15) is 0 Å². The van der Waals surface area contributed by atoms with Crippen LogP contribution < -0.4 is 14.8 Å². The highest BCUT2D eigenvalue weighted by Gasteiger charge is 2.13. The molecule has 0 unspecified atom stereocenters. The van der Waals surface area contributed by atoms with Crippen molar-refractivity contribution < 1.29 is 14.3 Å².